The first-order valence-electron chi connectivity index (χ1n) is 7.27. The maximum Gasteiger partial charge on any atom is 0.133 e. The van der Waals surface area contributed by atoms with Gasteiger partial charge < -0.3 is 15.2 Å². The summed E-state index contributed by atoms with van der Waals surface area (Å²) >= 11 is 3.54. The fourth-order valence-corrected chi connectivity index (χ4v) is 2.31. The number of halogens is 1. The van der Waals surface area contributed by atoms with E-state index in [9.17, 15) is 0 Å². The Morgan fingerprint density at radius 3 is 2.60 bits per heavy atom. The Morgan fingerprint density at radius 1 is 1.25 bits per heavy atom. The van der Waals surface area contributed by atoms with Gasteiger partial charge in [-0.25, -0.2) is 0 Å². The van der Waals surface area contributed by atoms with E-state index in [0.717, 1.165) is 29.7 Å². The molecule has 0 bridgehead atoms. The Labute approximate surface area is 131 Å². The van der Waals surface area contributed by atoms with Crippen molar-refractivity contribution < 1.29 is 9.47 Å². The minimum atomic E-state index is 0.220. The van der Waals surface area contributed by atoms with E-state index in [1.54, 1.807) is 0 Å². The molecule has 1 rings (SSSR count). The maximum atomic E-state index is 5.97. The third-order valence-electron chi connectivity index (χ3n) is 2.95. The van der Waals surface area contributed by atoms with Gasteiger partial charge in [0, 0.05) is 12.6 Å². The predicted molar refractivity (Wildman–Crippen MR) is 87.3 cm³/mol. The van der Waals surface area contributed by atoms with Crippen LogP contribution < -0.4 is 10.5 Å². The number of nitrogens with two attached hydrogens (primary N) is 1. The molecular formula is C16H26BrNO2. The van der Waals surface area contributed by atoms with Crippen LogP contribution in [0.5, 0.6) is 5.75 Å². The van der Waals surface area contributed by atoms with Crippen LogP contribution in [0.2, 0.25) is 0 Å². The molecule has 4 heteroatoms. The molecular weight excluding hydrogens is 318 g/mol. The smallest absolute Gasteiger partial charge is 0.133 e. The van der Waals surface area contributed by atoms with E-state index < -0.39 is 0 Å². The van der Waals surface area contributed by atoms with Crippen molar-refractivity contribution in [3.05, 3.63) is 28.2 Å². The number of ether oxygens (including phenoxy) is 2. The molecule has 114 valence electrons. The summed E-state index contributed by atoms with van der Waals surface area (Å²) in [6.45, 7) is 8.34. The summed E-state index contributed by atoms with van der Waals surface area (Å²) in [5, 5.41) is 0. The molecule has 0 aliphatic heterocycles. The molecule has 0 spiro atoms. The third-order valence-corrected chi connectivity index (χ3v) is 3.57. The Kier molecular flexibility index (Phi) is 8.19. The van der Waals surface area contributed by atoms with Gasteiger partial charge in [0.25, 0.3) is 0 Å². The predicted octanol–water partition coefficient (Wildman–Crippen LogP) is 3.78. The topological polar surface area (TPSA) is 44.5 Å². The quantitative estimate of drug-likeness (QED) is 0.694. The van der Waals surface area contributed by atoms with Gasteiger partial charge in [0.2, 0.25) is 0 Å². The number of benzene rings is 1. The summed E-state index contributed by atoms with van der Waals surface area (Å²) < 4.78 is 12.2. The van der Waals surface area contributed by atoms with Gasteiger partial charge >= 0.3 is 0 Å². The summed E-state index contributed by atoms with van der Waals surface area (Å²) in [5.41, 5.74) is 7.20. The zero-order valence-corrected chi connectivity index (χ0v) is 14.3. The molecule has 1 aromatic carbocycles. The molecule has 0 aliphatic carbocycles. The molecule has 2 N–H and O–H groups in total. The van der Waals surface area contributed by atoms with Crippen LogP contribution >= 0.6 is 15.9 Å². The van der Waals surface area contributed by atoms with Gasteiger partial charge in [-0.15, -0.1) is 0 Å². The highest BCUT2D eigenvalue weighted by molar-refractivity contribution is 9.10. The second-order valence-electron chi connectivity index (χ2n) is 5.45. The van der Waals surface area contributed by atoms with E-state index >= 15 is 0 Å². The van der Waals surface area contributed by atoms with Crippen LogP contribution in [0.1, 0.15) is 32.8 Å². The standard InChI is InChI=1S/C16H26BrNO2/c1-4-14(18)9-13-5-6-16(15(17)10-13)20-8-7-19-11-12(2)3/h5-6,10,12,14H,4,7-9,11,18H2,1-3H3. The number of hydrogen-bond acceptors (Lipinski definition) is 3. The molecule has 0 saturated carbocycles. The number of rotatable bonds is 9. The molecule has 20 heavy (non-hydrogen) atoms. The van der Waals surface area contributed by atoms with Crippen molar-refractivity contribution in [3.8, 4) is 5.75 Å². The molecule has 1 aromatic rings. The largest absolute Gasteiger partial charge is 0.490 e. The minimum Gasteiger partial charge on any atom is -0.490 e. The van der Waals surface area contributed by atoms with Crippen molar-refractivity contribution in [1.82, 2.24) is 0 Å². The zero-order chi connectivity index (χ0) is 15.0. The van der Waals surface area contributed by atoms with Crippen molar-refractivity contribution >= 4 is 15.9 Å². The lowest BCUT2D eigenvalue weighted by atomic mass is 10.0. The molecule has 0 radical (unpaired) electrons. The highest BCUT2D eigenvalue weighted by atomic mass is 79.9. The summed E-state index contributed by atoms with van der Waals surface area (Å²) in [6, 6.07) is 6.37. The van der Waals surface area contributed by atoms with E-state index in [-0.39, 0.29) is 6.04 Å². The summed E-state index contributed by atoms with van der Waals surface area (Å²) in [5.74, 6) is 1.41. The average Bonchev–Trinajstić information content (AvgIpc) is 2.40. The second kappa shape index (κ2) is 9.37. The Hall–Kier alpha value is -0.580. The zero-order valence-electron chi connectivity index (χ0n) is 12.7. The highest BCUT2D eigenvalue weighted by Crippen LogP contribution is 2.26. The Morgan fingerprint density at radius 2 is 2.00 bits per heavy atom. The lowest BCUT2D eigenvalue weighted by Gasteiger charge is -2.12. The monoisotopic (exact) mass is 343 g/mol. The van der Waals surface area contributed by atoms with Crippen LogP contribution in [0, 0.1) is 5.92 Å². The Bertz CT molecular complexity index is 396. The first-order valence-corrected chi connectivity index (χ1v) is 8.06. The van der Waals surface area contributed by atoms with Crippen LogP contribution in [-0.4, -0.2) is 25.9 Å². The van der Waals surface area contributed by atoms with Gasteiger partial charge in [-0.1, -0.05) is 26.8 Å². The van der Waals surface area contributed by atoms with E-state index in [1.165, 1.54) is 5.56 Å². The van der Waals surface area contributed by atoms with Gasteiger partial charge in [0.15, 0.2) is 0 Å². The molecule has 0 heterocycles. The fraction of sp³-hybridized carbons (Fsp3) is 0.625. The van der Waals surface area contributed by atoms with Crippen LogP contribution in [0.4, 0.5) is 0 Å². The van der Waals surface area contributed by atoms with Gasteiger partial charge in [-0.05, 0) is 52.4 Å². The molecule has 1 unspecified atom stereocenters. The maximum absolute atomic E-state index is 5.97. The normalized spacial score (nSPS) is 12.7. The van der Waals surface area contributed by atoms with Crippen LogP contribution in [0.15, 0.2) is 22.7 Å². The molecule has 3 nitrogen and oxygen atoms in total. The van der Waals surface area contributed by atoms with Crippen LogP contribution in [0.25, 0.3) is 0 Å². The molecule has 0 aromatic heterocycles. The molecule has 0 amide bonds. The first-order chi connectivity index (χ1) is 9.52. The lowest BCUT2D eigenvalue weighted by molar-refractivity contribution is 0.0817. The number of hydrogen-bond donors (Lipinski definition) is 1. The first kappa shape index (κ1) is 17.5. The SMILES string of the molecule is CCC(N)Cc1ccc(OCCOCC(C)C)c(Br)c1. The summed E-state index contributed by atoms with van der Waals surface area (Å²) in [7, 11) is 0. The van der Waals surface area contributed by atoms with Gasteiger partial charge in [0.05, 0.1) is 11.1 Å². The average molecular weight is 344 g/mol. The second-order valence-corrected chi connectivity index (χ2v) is 6.31. The fourth-order valence-electron chi connectivity index (χ4n) is 1.77. The minimum absolute atomic E-state index is 0.220. The van der Waals surface area contributed by atoms with Gasteiger partial charge in [-0.2, -0.15) is 0 Å². The van der Waals surface area contributed by atoms with Crippen molar-refractivity contribution in [2.24, 2.45) is 11.7 Å². The lowest BCUT2D eigenvalue weighted by Crippen LogP contribution is -2.21. The summed E-state index contributed by atoms with van der Waals surface area (Å²) in [4.78, 5) is 0. The molecule has 1 atom stereocenters. The van der Waals surface area contributed by atoms with E-state index in [0.29, 0.717) is 19.1 Å². The third kappa shape index (κ3) is 6.73. The van der Waals surface area contributed by atoms with Crippen molar-refractivity contribution in [2.75, 3.05) is 19.8 Å². The van der Waals surface area contributed by atoms with E-state index in [4.69, 9.17) is 15.2 Å². The highest BCUT2D eigenvalue weighted by Gasteiger charge is 2.06. The van der Waals surface area contributed by atoms with Crippen LogP contribution in [-0.2, 0) is 11.2 Å². The van der Waals surface area contributed by atoms with Crippen molar-refractivity contribution in [1.29, 1.82) is 0 Å². The van der Waals surface area contributed by atoms with Crippen molar-refractivity contribution in [2.45, 2.75) is 39.7 Å². The Balaban J connectivity index is 2.39. The van der Waals surface area contributed by atoms with E-state index in [1.807, 2.05) is 6.07 Å². The molecule has 0 fully saturated rings. The van der Waals surface area contributed by atoms with Gasteiger partial charge in [-0.3, -0.25) is 0 Å². The van der Waals surface area contributed by atoms with Gasteiger partial charge in [0.1, 0.15) is 12.4 Å². The summed E-state index contributed by atoms with van der Waals surface area (Å²) in [6.07, 6.45) is 1.88. The van der Waals surface area contributed by atoms with Crippen molar-refractivity contribution in [3.63, 3.8) is 0 Å². The van der Waals surface area contributed by atoms with E-state index in [2.05, 4.69) is 48.8 Å². The molecule has 0 saturated heterocycles. The molecule has 0 aliphatic rings. The van der Waals surface area contributed by atoms with Crippen LogP contribution in [0.3, 0.4) is 0 Å².